The Morgan fingerprint density at radius 2 is 1.81 bits per heavy atom. The van der Waals surface area contributed by atoms with Crippen LogP contribution in [0.5, 0.6) is 0 Å². The van der Waals surface area contributed by atoms with Crippen LogP contribution in [0.4, 0.5) is 0 Å². The van der Waals surface area contributed by atoms with Crippen molar-refractivity contribution in [1.29, 1.82) is 0 Å². The Kier molecular flexibility index (Phi) is 6.45. The normalized spacial score (nSPS) is 27.2. The third kappa shape index (κ3) is 4.97. The molecular weight excluding hydrogens is 270 g/mol. The van der Waals surface area contributed by atoms with Crippen molar-refractivity contribution < 1.29 is 14.7 Å². The number of carboxylic acids is 1. The van der Waals surface area contributed by atoms with Gasteiger partial charge < -0.3 is 20.6 Å². The molecule has 1 aliphatic carbocycles. The third-order valence-corrected chi connectivity index (χ3v) is 4.58. The monoisotopic (exact) mass is 297 g/mol. The van der Waals surface area contributed by atoms with E-state index < -0.39 is 11.9 Å². The van der Waals surface area contributed by atoms with Crippen LogP contribution >= 0.6 is 0 Å². The lowest BCUT2D eigenvalue weighted by atomic mass is 9.79. The summed E-state index contributed by atoms with van der Waals surface area (Å²) in [5.41, 5.74) is 0. The molecule has 3 N–H and O–H groups in total. The van der Waals surface area contributed by atoms with Crippen molar-refractivity contribution in [2.45, 2.75) is 32.1 Å². The second-order valence-corrected chi connectivity index (χ2v) is 6.07. The lowest BCUT2D eigenvalue weighted by Gasteiger charge is -2.28. The number of rotatable bonds is 6. The summed E-state index contributed by atoms with van der Waals surface area (Å²) in [6, 6.07) is 0. The zero-order valence-electron chi connectivity index (χ0n) is 12.6. The fourth-order valence-corrected chi connectivity index (χ4v) is 3.32. The molecule has 0 aromatic heterocycles. The first-order chi connectivity index (χ1) is 10.2. The van der Waals surface area contributed by atoms with Gasteiger partial charge in [0.25, 0.3) is 0 Å². The first-order valence-electron chi connectivity index (χ1n) is 8.12. The van der Waals surface area contributed by atoms with Gasteiger partial charge in [0.05, 0.1) is 11.8 Å². The molecule has 0 aromatic rings. The number of piperazine rings is 1. The first-order valence-corrected chi connectivity index (χ1v) is 8.12. The highest BCUT2D eigenvalue weighted by Crippen LogP contribution is 2.30. The molecule has 0 bridgehead atoms. The minimum absolute atomic E-state index is 0.0672. The van der Waals surface area contributed by atoms with Crippen LogP contribution in [-0.2, 0) is 9.59 Å². The minimum Gasteiger partial charge on any atom is -0.481 e. The van der Waals surface area contributed by atoms with Crippen molar-refractivity contribution in [2.24, 2.45) is 11.8 Å². The van der Waals surface area contributed by atoms with Crippen LogP contribution in [0.25, 0.3) is 0 Å². The molecule has 1 amide bonds. The largest absolute Gasteiger partial charge is 0.481 e. The van der Waals surface area contributed by atoms with Gasteiger partial charge in [0.1, 0.15) is 0 Å². The van der Waals surface area contributed by atoms with E-state index in [-0.39, 0.29) is 11.8 Å². The number of nitrogens with zero attached hydrogens (tertiary/aromatic N) is 1. The van der Waals surface area contributed by atoms with Crippen molar-refractivity contribution in [2.75, 3.05) is 39.3 Å². The second-order valence-electron chi connectivity index (χ2n) is 6.07. The highest BCUT2D eigenvalue weighted by atomic mass is 16.4. The second kappa shape index (κ2) is 8.34. The zero-order chi connectivity index (χ0) is 15.1. The highest BCUT2D eigenvalue weighted by molar-refractivity contribution is 5.84. The summed E-state index contributed by atoms with van der Waals surface area (Å²) in [7, 11) is 0. The van der Waals surface area contributed by atoms with E-state index >= 15 is 0 Å². The number of aliphatic carboxylic acids is 1. The number of amides is 1. The number of hydrogen-bond donors (Lipinski definition) is 3. The molecule has 1 saturated heterocycles. The van der Waals surface area contributed by atoms with Crippen molar-refractivity contribution in [3.8, 4) is 0 Å². The smallest absolute Gasteiger partial charge is 0.307 e. The van der Waals surface area contributed by atoms with Crippen molar-refractivity contribution in [3.05, 3.63) is 0 Å². The predicted octanol–water partition coefficient (Wildman–Crippen LogP) is 0.289. The maximum atomic E-state index is 12.2. The molecule has 1 heterocycles. The van der Waals surface area contributed by atoms with E-state index in [1.54, 1.807) is 0 Å². The van der Waals surface area contributed by atoms with Crippen molar-refractivity contribution in [3.63, 3.8) is 0 Å². The number of carbonyl (C=O) groups excluding carboxylic acids is 1. The average molecular weight is 297 g/mol. The molecule has 6 heteroatoms. The van der Waals surface area contributed by atoms with E-state index in [9.17, 15) is 14.7 Å². The molecular formula is C15H27N3O3. The summed E-state index contributed by atoms with van der Waals surface area (Å²) < 4.78 is 0. The number of hydrogen-bond acceptors (Lipinski definition) is 4. The summed E-state index contributed by atoms with van der Waals surface area (Å²) in [6.45, 7) is 5.85. The van der Waals surface area contributed by atoms with Gasteiger partial charge in [0, 0.05) is 32.7 Å². The molecule has 2 rings (SSSR count). The fraction of sp³-hybridized carbons (Fsp3) is 0.867. The molecule has 120 valence electrons. The van der Waals surface area contributed by atoms with E-state index in [4.69, 9.17) is 0 Å². The van der Waals surface area contributed by atoms with Gasteiger partial charge in [-0.3, -0.25) is 9.59 Å². The van der Waals surface area contributed by atoms with E-state index in [1.165, 1.54) is 0 Å². The number of nitrogens with one attached hydrogen (secondary N) is 2. The van der Waals surface area contributed by atoms with Gasteiger partial charge in [-0.15, -0.1) is 0 Å². The third-order valence-electron chi connectivity index (χ3n) is 4.58. The lowest BCUT2D eigenvalue weighted by molar-refractivity contribution is -0.148. The molecule has 0 spiro atoms. The maximum absolute atomic E-state index is 12.2. The summed E-state index contributed by atoms with van der Waals surface area (Å²) in [5.74, 6) is -1.72. The molecule has 2 fully saturated rings. The molecule has 6 nitrogen and oxygen atoms in total. The van der Waals surface area contributed by atoms with Gasteiger partial charge in [-0.25, -0.2) is 0 Å². The Bertz CT molecular complexity index is 356. The zero-order valence-corrected chi connectivity index (χ0v) is 12.6. The topological polar surface area (TPSA) is 81.7 Å². The summed E-state index contributed by atoms with van der Waals surface area (Å²) >= 11 is 0. The molecule has 2 atom stereocenters. The van der Waals surface area contributed by atoms with Crippen LogP contribution in [0.1, 0.15) is 32.1 Å². The molecule has 2 aliphatic rings. The van der Waals surface area contributed by atoms with Crippen LogP contribution in [0, 0.1) is 11.8 Å². The average Bonchev–Trinajstić information content (AvgIpc) is 2.52. The molecule has 0 aromatic carbocycles. The Balaban J connectivity index is 1.67. The Morgan fingerprint density at radius 3 is 2.48 bits per heavy atom. The molecule has 0 radical (unpaired) electrons. The van der Waals surface area contributed by atoms with E-state index in [0.717, 1.165) is 52.0 Å². The predicted molar refractivity (Wildman–Crippen MR) is 80.0 cm³/mol. The van der Waals surface area contributed by atoms with Gasteiger partial charge in [-0.1, -0.05) is 12.8 Å². The van der Waals surface area contributed by atoms with Crippen LogP contribution in [0.3, 0.4) is 0 Å². The summed E-state index contributed by atoms with van der Waals surface area (Å²) in [4.78, 5) is 25.8. The lowest BCUT2D eigenvalue weighted by Crippen LogP contribution is -2.44. The molecule has 0 unspecified atom stereocenters. The van der Waals surface area contributed by atoms with Crippen LogP contribution in [0.15, 0.2) is 0 Å². The standard InChI is InChI=1S/C15H27N3O3/c19-14(12-4-1-2-5-13(12)15(20)21)17-6-3-9-18-10-7-16-8-11-18/h12-13,16H,1-11H2,(H,17,19)(H,20,21)/t12-,13+/m1/s1. The van der Waals surface area contributed by atoms with E-state index in [2.05, 4.69) is 15.5 Å². The summed E-state index contributed by atoms with van der Waals surface area (Å²) in [5, 5.41) is 15.5. The maximum Gasteiger partial charge on any atom is 0.307 e. The van der Waals surface area contributed by atoms with Gasteiger partial charge in [-0.05, 0) is 25.8 Å². The van der Waals surface area contributed by atoms with Gasteiger partial charge >= 0.3 is 5.97 Å². The van der Waals surface area contributed by atoms with Crippen molar-refractivity contribution >= 4 is 11.9 Å². The van der Waals surface area contributed by atoms with Gasteiger partial charge in [0.2, 0.25) is 5.91 Å². The van der Waals surface area contributed by atoms with Crippen LogP contribution in [0.2, 0.25) is 0 Å². The number of carbonyl (C=O) groups is 2. The molecule has 21 heavy (non-hydrogen) atoms. The Labute approximate surface area is 126 Å². The molecule has 1 aliphatic heterocycles. The van der Waals surface area contributed by atoms with E-state index in [0.29, 0.717) is 19.4 Å². The first kappa shape index (κ1) is 16.2. The van der Waals surface area contributed by atoms with Crippen LogP contribution in [-0.4, -0.2) is 61.2 Å². The quantitative estimate of drug-likeness (QED) is 0.614. The van der Waals surface area contributed by atoms with Crippen LogP contribution < -0.4 is 10.6 Å². The fourth-order valence-electron chi connectivity index (χ4n) is 3.32. The summed E-state index contributed by atoms with van der Waals surface area (Å²) in [6.07, 6.45) is 4.15. The van der Waals surface area contributed by atoms with Gasteiger partial charge in [-0.2, -0.15) is 0 Å². The Hall–Kier alpha value is -1.14. The van der Waals surface area contributed by atoms with E-state index in [1.807, 2.05) is 0 Å². The SMILES string of the molecule is O=C(O)[C@H]1CCCC[C@H]1C(=O)NCCCN1CCNCC1. The number of carboxylic acid groups (broad SMARTS) is 1. The highest BCUT2D eigenvalue weighted by Gasteiger charge is 2.35. The molecule has 1 saturated carbocycles. The van der Waals surface area contributed by atoms with Gasteiger partial charge in [0.15, 0.2) is 0 Å². The Morgan fingerprint density at radius 1 is 1.14 bits per heavy atom. The van der Waals surface area contributed by atoms with Crippen molar-refractivity contribution in [1.82, 2.24) is 15.5 Å². The minimum atomic E-state index is -0.823.